The van der Waals surface area contributed by atoms with E-state index >= 15 is 0 Å². The number of aromatic nitrogens is 1. The highest BCUT2D eigenvalue weighted by Gasteiger charge is 2.12. The molecule has 0 aliphatic heterocycles. The lowest BCUT2D eigenvalue weighted by Crippen LogP contribution is -2.34. The summed E-state index contributed by atoms with van der Waals surface area (Å²) in [5.41, 5.74) is 4.59. The maximum absolute atomic E-state index is 12.3. The lowest BCUT2D eigenvalue weighted by molar-refractivity contribution is 0.0977. The summed E-state index contributed by atoms with van der Waals surface area (Å²) in [7, 11) is 0. The van der Waals surface area contributed by atoms with Crippen molar-refractivity contribution in [1.82, 2.24) is 10.3 Å². The van der Waals surface area contributed by atoms with Crippen molar-refractivity contribution in [3.63, 3.8) is 0 Å². The fraction of sp³-hybridized carbons (Fsp3) is 0.160. The van der Waals surface area contributed by atoms with Crippen LogP contribution in [0.1, 0.15) is 24.2 Å². The normalized spacial score (nSPS) is 10.8. The Morgan fingerprint density at radius 3 is 2.39 bits per heavy atom. The van der Waals surface area contributed by atoms with Crippen molar-refractivity contribution in [3.05, 3.63) is 77.3 Å². The van der Waals surface area contributed by atoms with Gasteiger partial charge in [-0.15, -0.1) is 0 Å². The molecule has 6 nitrogen and oxygen atoms in total. The van der Waals surface area contributed by atoms with Crippen LogP contribution >= 0.6 is 23.8 Å². The summed E-state index contributed by atoms with van der Waals surface area (Å²) < 4.78 is 5.93. The molecule has 168 valence electrons. The van der Waals surface area contributed by atoms with Gasteiger partial charge in [0.1, 0.15) is 5.52 Å². The van der Waals surface area contributed by atoms with Gasteiger partial charge in [-0.05, 0) is 92.8 Å². The first-order valence-electron chi connectivity index (χ1n) is 10.6. The number of hydrogen-bond donors (Lipinski definition) is 2. The highest BCUT2D eigenvalue weighted by molar-refractivity contribution is 7.80. The second-order valence-corrected chi connectivity index (χ2v) is 8.18. The molecule has 0 radical (unpaired) electrons. The van der Waals surface area contributed by atoms with E-state index in [9.17, 15) is 4.79 Å². The number of hydrogen-bond acceptors (Lipinski definition) is 5. The molecule has 33 heavy (non-hydrogen) atoms. The van der Waals surface area contributed by atoms with Gasteiger partial charge in [0, 0.05) is 40.6 Å². The first kappa shape index (κ1) is 22.8. The van der Waals surface area contributed by atoms with Gasteiger partial charge in [0.05, 0.1) is 0 Å². The molecule has 0 saturated heterocycles. The number of rotatable bonds is 6. The summed E-state index contributed by atoms with van der Waals surface area (Å²) in [6, 6.07) is 20.2. The molecule has 3 aromatic carbocycles. The molecule has 2 N–H and O–H groups in total. The van der Waals surface area contributed by atoms with Crippen LogP contribution in [-0.2, 0) is 0 Å². The van der Waals surface area contributed by atoms with Gasteiger partial charge in [-0.1, -0.05) is 11.6 Å². The highest BCUT2D eigenvalue weighted by Crippen LogP contribution is 2.28. The zero-order chi connectivity index (χ0) is 23.4. The van der Waals surface area contributed by atoms with E-state index in [4.69, 9.17) is 28.2 Å². The van der Waals surface area contributed by atoms with Gasteiger partial charge in [0.2, 0.25) is 5.89 Å². The van der Waals surface area contributed by atoms with Crippen LogP contribution < -0.4 is 15.5 Å². The van der Waals surface area contributed by atoms with Gasteiger partial charge in [0.15, 0.2) is 10.7 Å². The summed E-state index contributed by atoms with van der Waals surface area (Å²) in [5.74, 6) is 0.231. The number of carbonyl (C=O) groups excluding carboxylic acids is 1. The summed E-state index contributed by atoms with van der Waals surface area (Å²) in [5, 5.41) is 6.42. The average molecular weight is 479 g/mol. The summed E-state index contributed by atoms with van der Waals surface area (Å²) in [6.45, 7) is 6.18. The largest absolute Gasteiger partial charge is 0.436 e. The number of oxazole rings is 1. The average Bonchev–Trinajstić information content (AvgIpc) is 3.24. The lowest BCUT2D eigenvalue weighted by Gasteiger charge is -2.20. The van der Waals surface area contributed by atoms with Crippen LogP contribution in [-0.4, -0.2) is 29.1 Å². The summed E-state index contributed by atoms with van der Waals surface area (Å²) in [6.07, 6.45) is 0. The third-order valence-electron chi connectivity index (χ3n) is 5.22. The molecule has 0 unspecified atom stereocenters. The fourth-order valence-electron chi connectivity index (χ4n) is 3.47. The summed E-state index contributed by atoms with van der Waals surface area (Å²) >= 11 is 11.1. The van der Waals surface area contributed by atoms with Crippen molar-refractivity contribution in [1.29, 1.82) is 0 Å². The zero-order valence-electron chi connectivity index (χ0n) is 18.3. The second kappa shape index (κ2) is 10.0. The SMILES string of the molecule is CCN(CC)c1ccc(-c2nc3cc(NC(=S)NC(=O)c4ccc(Cl)cc4)ccc3o2)cc1. The van der Waals surface area contributed by atoms with E-state index in [0.717, 1.165) is 18.7 Å². The van der Waals surface area contributed by atoms with Crippen LogP contribution in [0.25, 0.3) is 22.6 Å². The maximum Gasteiger partial charge on any atom is 0.257 e. The molecule has 4 rings (SSSR count). The quantitative estimate of drug-likeness (QED) is 0.325. The van der Waals surface area contributed by atoms with Gasteiger partial charge < -0.3 is 14.6 Å². The number of amides is 1. The third kappa shape index (κ3) is 5.32. The standard InChI is InChI=1S/C25H23ClN4O2S/c1-3-30(4-2)20-12-7-17(8-13-20)24-28-21-15-19(11-14-22(21)32-24)27-25(33)29-23(31)16-5-9-18(26)10-6-16/h5-15H,3-4H2,1-2H3,(H2,27,29,31,33). The van der Waals surface area contributed by atoms with Crippen molar-refractivity contribution >= 4 is 57.3 Å². The predicted molar refractivity (Wildman–Crippen MR) is 138 cm³/mol. The van der Waals surface area contributed by atoms with E-state index in [0.29, 0.717) is 33.3 Å². The number of carbonyl (C=O) groups is 1. The number of nitrogens with zero attached hydrogens (tertiary/aromatic N) is 2. The zero-order valence-corrected chi connectivity index (χ0v) is 19.8. The van der Waals surface area contributed by atoms with E-state index in [1.165, 1.54) is 5.69 Å². The Kier molecular flexibility index (Phi) is 6.91. The Bertz CT molecular complexity index is 1280. The van der Waals surface area contributed by atoms with Crippen LogP contribution in [0.5, 0.6) is 0 Å². The first-order valence-corrected chi connectivity index (χ1v) is 11.4. The van der Waals surface area contributed by atoms with Crippen molar-refractivity contribution < 1.29 is 9.21 Å². The molecule has 1 amide bonds. The number of benzene rings is 3. The van der Waals surface area contributed by atoms with Crippen molar-refractivity contribution in [2.45, 2.75) is 13.8 Å². The Labute approximate surface area is 202 Å². The predicted octanol–water partition coefficient (Wildman–Crippen LogP) is 6.12. The molecule has 0 atom stereocenters. The molecule has 0 saturated carbocycles. The molecule has 0 fully saturated rings. The topological polar surface area (TPSA) is 70.4 Å². The van der Waals surface area contributed by atoms with Gasteiger partial charge >= 0.3 is 0 Å². The van der Waals surface area contributed by atoms with Crippen LogP contribution in [0, 0.1) is 0 Å². The Balaban J connectivity index is 1.46. The molecule has 0 aliphatic rings. The van der Waals surface area contributed by atoms with Gasteiger partial charge in [0.25, 0.3) is 5.91 Å². The molecule has 0 spiro atoms. The molecule has 4 aromatic rings. The lowest BCUT2D eigenvalue weighted by atomic mass is 10.2. The number of halogens is 1. The minimum absolute atomic E-state index is 0.185. The molecular weight excluding hydrogens is 456 g/mol. The van der Waals surface area contributed by atoms with E-state index in [1.807, 2.05) is 30.3 Å². The van der Waals surface area contributed by atoms with Crippen molar-refractivity contribution in [3.8, 4) is 11.5 Å². The molecule has 1 heterocycles. The fourth-order valence-corrected chi connectivity index (χ4v) is 3.81. The van der Waals surface area contributed by atoms with Crippen LogP contribution in [0.2, 0.25) is 5.02 Å². The number of anilines is 2. The van der Waals surface area contributed by atoms with E-state index in [2.05, 4.69) is 46.5 Å². The summed E-state index contributed by atoms with van der Waals surface area (Å²) in [4.78, 5) is 19.2. The molecule has 0 aliphatic carbocycles. The van der Waals surface area contributed by atoms with Crippen molar-refractivity contribution in [2.75, 3.05) is 23.3 Å². The smallest absolute Gasteiger partial charge is 0.257 e. The van der Waals surface area contributed by atoms with E-state index in [-0.39, 0.29) is 11.0 Å². The van der Waals surface area contributed by atoms with Crippen LogP contribution in [0.3, 0.4) is 0 Å². The number of nitrogens with one attached hydrogen (secondary N) is 2. The minimum atomic E-state index is -0.317. The molecule has 8 heteroatoms. The van der Waals surface area contributed by atoms with E-state index in [1.54, 1.807) is 24.3 Å². The van der Waals surface area contributed by atoms with E-state index < -0.39 is 0 Å². The van der Waals surface area contributed by atoms with Crippen molar-refractivity contribution in [2.24, 2.45) is 0 Å². The molecule has 0 bridgehead atoms. The minimum Gasteiger partial charge on any atom is -0.436 e. The monoisotopic (exact) mass is 478 g/mol. The molecular formula is C25H23ClN4O2S. The van der Waals surface area contributed by atoms with Crippen LogP contribution in [0.4, 0.5) is 11.4 Å². The second-order valence-electron chi connectivity index (χ2n) is 7.34. The van der Waals surface area contributed by atoms with Gasteiger partial charge in [-0.3, -0.25) is 10.1 Å². The first-order chi connectivity index (χ1) is 16.0. The van der Waals surface area contributed by atoms with Gasteiger partial charge in [-0.25, -0.2) is 4.98 Å². The highest BCUT2D eigenvalue weighted by atomic mass is 35.5. The Hall–Kier alpha value is -3.42. The third-order valence-corrected chi connectivity index (χ3v) is 5.68. The maximum atomic E-state index is 12.3. The number of fused-ring (bicyclic) bond motifs is 1. The Morgan fingerprint density at radius 1 is 1.03 bits per heavy atom. The van der Waals surface area contributed by atoms with Gasteiger partial charge in [-0.2, -0.15) is 0 Å². The Morgan fingerprint density at radius 2 is 1.73 bits per heavy atom. The number of thiocarbonyl (C=S) groups is 1. The van der Waals surface area contributed by atoms with Crippen LogP contribution in [0.15, 0.2) is 71.1 Å². The molecule has 1 aromatic heterocycles.